The van der Waals surface area contributed by atoms with E-state index in [0.717, 1.165) is 0 Å². The van der Waals surface area contributed by atoms with Crippen LogP contribution in [0.5, 0.6) is 11.5 Å². The molecule has 2 aliphatic carbocycles. The molecule has 41 heavy (non-hydrogen) atoms. The highest BCUT2D eigenvalue weighted by atomic mass is 16.7. The van der Waals surface area contributed by atoms with Gasteiger partial charge in [-0.1, -0.05) is 19.1 Å². The number of carbonyl (C=O) groups is 3. The highest BCUT2D eigenvalue weighted by molar-refractivity contribution is 6.30. The molecule has 4 N–H and O–H groups in total. The maximum absolute atomic E-state index is 13.6. The van der Waals surface area contributed by atoms with Crippen molar-refractivity contribution in [1.82, 2.24) is 4.90 Å². The summed E-state index contributed by atoms with van der Waals surface area (Å²) >= 11 is 0. The molecule has 220 valence electrons. The molecule has 1 heterocycles. The summed E-state index contributed by atoms with van der Waals surface area (Å²) < 4.78 is 17.3. The number of hydrogen-bond acceptors (Lipinski definition) is 11. The smallest absolute Gasteiger partial charge is 0.316 e. The number of benzene rings is 2. The molecule has 2 aromatic carbocycles. The number of aromatic hydroxyl groups is 2. The number of ketones is 2. The molecule has 7 atom stereocenters. The van der Waals surface area contributed by atoms with Crippen molar-refractivity contribution in [2.45, 2.75) is 75.3 Å². The second kappa shape index (κ2) is 10.5. The predicted octanol–water partition coefficient (Wildman–Crippen LogP) is 2.16. The molecule has 1 saturated heterocycles. The molecule has 2 aromatic rings. The highest BCUT2D eigenvalue weighted by Crippen LogP contribution is 2.54. The molecule has 0 saturated carbocycles. The summed E-state index contributed by atoms with van der Waals surface area (Å²) in [6.07, 6.45) is -3.09. The lowest BCUT2D eigenvalue weighted by Crippen LogP contribution is -2.54. The SMILES string of the molecule is CC[C@@]1(O)C[C@@H](O[C@@H]2C[C@H](N(C)C)[C@H](O)[C@H](C)O2)c2c(cc3c(c2O)C(=O)c2c(O)cccc2C3=O)[C@@H]1C(=O)OC. The maximum Gasteiger partial charge on any atom is 0.316 e. The van der Waals surface area contributed by atoms with Gasteiger partial charge in [-0.05, 0) is 45.1 Å². The summed E-state index contributed by atoms with van der Waals surface area (Å²) in [4.78, 5) is 42.1. The second-order valence-electron chi connectivity index (χ2n) is 11.3. The van der Waals surface area contributed by atoms with Gasteiger partial charge in [0.25, 0.3) is 0 Å². The Labute approximate surface area is 237 Å². The van der Waals surface area contributed by atoms with Gasteiger partial charge in [0, 0.05) is 35.6 Å². The molecule has 11 heteroatoms. The largest absolute Gasteiger partial charge is 0.507 e. The third kappa shape index (κ3) is 4.52. The van der Waals surface area contributed by atoms with E-state index in [9.17, 15) is 34.8 Å². The summed E-state index contributed by atoms with van der Waals surface area (Å²) in [6, 6.07) is 5.14. The molecule has 3 aliphatic rings. The van der Waals surface area contributed by atoms with Crippen LogP contribution in [0, 0.1) is 0 Å². The lowest BCUT2D eigenvalue weighted by Gasteiger charge is -2.46. The van der Waals surface area contributed by atoms with E-state index in [1.54, 1.807) is 13.8 Å². The Morgan fingerprint density at radius 2 is 1.85 bits per heavy atom. The van der Waals surface area contributed by atoms with E-state index in [0.29, 0.717) is 0 Å². The van der Waals surface area contributed by atoms with Crippen LogP contribution in [0.2, 0.25) is 0 Å². The minimum Gasteiger partial charge on any atom is -0.507 e. The van der Waals surface area contributed by atoms with Crippen molar-refractivity contribution in [2.24, 2.45) is 0 Å². The van der Waals surface area contributed by atoms with Crippen LogP contribution in [0.15, 0.2) is 24.3 Å². The van der Waals surface area contributed by atoms with Crippen molar-refractivity contribution in [3.63, 3.8) is 0 Å². The fourth-order valence-electron chi connectivity index (χ4n) is 6.50. The number of phenolic OH excluding ortho intramolecular Hbond substituents is 2. The molecular weight excluding hydrogens is 534 g/mol. The summed E-state index contributed by atoms with van der Waals surface area (Å²) in [6.45, 7) is 3.41. The average Bonchev–Trinajstić information content (AvgIpc) is 2.92. The van der Waals surface area contributed by atoms with Gasteiger partial charge in [0.15, 0.2) is 12.1 Å². The number of likely N-dealkylation sites (N-methyl/N-ethyl adjacent to an activating group) is 1. The van der Waals surface area contributed by atoms with E-state index in [1.165, 1.54) is 31.4 Å². The lowest BCUT2D eigenvalue weighted by molar-refractivity contribution is -0.258. The molecule has 0 amide bonds. The van der Waals surface area contributed by atoms with Crippen molar-refractivity contribution in [1.29, 1.82) is 0 Å². The van der Waals surface area contributed by atoms with Gasteiger partial charge in [0.2, 0.25) is 5.78 Å². The zero-order valence-electron chi connectivity index (χ0n) is 23.6. The minimum atomic E-state index is -1.69. The highest BCUT2D eigenvalue weighted by Gasteiger charge is 2.53. The zero-order chi connectivity index (χ0) is 30.0. The Kier molecular flexibility index (Phi) is 7.46. The van der Waals surface area contributed by atoms with E-state index < -0.39 is 65.2 Å². The fourth-order valence-corrected chi connectivity index (χ4v) is 6.50. The maximum atomic E-state index is 13.6. The number of methoxy groups -OCH3 is 1. The molecule has 1 fully saturated rings. The van der Waals surface area contributed by atoms with Crippen molar-refractivity contribution < 1.29 is 49.0 Å². The Morgan fingerprint density at radius 3 is 2.49 bits per heavy atom. The summed E-state index contributed by atoms with van der Waals surface area (Å²) in [5, 5.41) is 44.5. The topological polar surface area (TPSA) is 163 Å². The van der Waals surface area contributed by atoms with Gasteiger partial charge >= 0.3 is 5.97 Å². The Morgan fingerprint density at radius 1 is 1.15 bits per heavy atom. The van der Waals surface area contributed by atoms with Crippen LogP contribution < -0.4 is 0 Å². The average molecular weight is 570 g/mol. The quantitative estimate of drug-likeness (QED) is 0.333. The van der Waals surface area contributed by atoms with Crippen molar-refractivity contribution in [2.75, 3.05) is 21.2 Å². The number of esters is 1. The summed E-state index contributed by atoms with van der Waals surface area (Å²) in [5.74, 6) is -4.42. The third-order valence-corrected chi connectivity index (χ3v) is 8.77. The van der Waals surface area contributed by atoms with Gasteiger partial charge in [0.1, 0.15) is 17.4 Å². The number of aliphatic hydroxyl groups excluding tert-OH is 1. The van der Waals surface area contributed by atoms with E-state index in [1.807, 2.05) is 19.0 Å². The number of carbonyl (C=O) groups excluding carboxylic acids is 3. The molecule has 0 radical (unpaired) electrons. The van der Waals surface area contributed by atoms with Gasteiger partial charge < -0.3 is 39.5 Å². The first kappa shape index (κ1) is 29.2. The van der Waals surface area contributed by atoms with Gasteiger partial charge in [0.05, 0.1) is 42.1 Å². The van der Waals surface area contributed by atoms with Crippen molar-refractivity contribution >= 4 is 17.5 Å². The van der Waals surface area contributed by atoms with Gasteiger partial charge in [-0.2, -0.15) is 0 Å². The van der Waals surface area contributed by atoms with E-state index in [-0.39, 0.29) is 58.7 Å². The number of hydrogen-bond donors (Lipinski definition) is 4. The number of aliphatic hydroxyl groups is 2. The van der Waals surface area contributed by atoms with Gasteiger partial charge in [-0.25, -0.2) is 0 Å². The molecule has 0 bridgehead atoms. The predicted molar refractivity (Wildman–Crippen MR) is 144 cm³/mol. The van der Waals surface area contributed by atoms with Crippen LogP contribution in [0.25, 0.3) is 0 Å². The molecule has 0 unspecified atom stereocenters. The molecule has 0 aromatic heterocycles. The van der Waals surface area contributed by atoms with Crippen molar-refractivity contribution in [3.8, 4) is 11.5 Å². The standard InChI is InChI=1S/C30H35NO10/c1-6-30(38)12-19(41-20-11-17(31(3)4)25(33)13(2)40-20)22-15(24(30)29(37)39-5)10-16-23(28(22)36)27(35)21-14(26(16)34)8-7-9-18(21)32/h7-10,13,17,19-20,24-25,32-33,36,38H,6,11-12H2,1-5H3/t13-,17-,19+,20+,24+,25+,30+/m0/s1. The van der Waals surface area contributed by atoms with Crippen LogP contribution in [0.3, 0.4) is 0 Å². The summed E-state index contributed by atoms with van der Waals surface area (Å²) in [7, 11) is 4.82. The Balaban J connectivity index is 1.69. The Bertz CT molecular complexity index is 1420. The number of rotatable bonds is 5. The van der Waals surface area contributed by atoms with E-state index in [4.69, 9.17) is 14.2 Å². The minimum absolute atomic E-state index is 0.0382. The first-order valence-corrected chi connectivity index (χ1v) is 13.6. The lowest BCUT2D eigenvalue weighted by atomic mass is 9.67. The monoisotopic (exact) mass is 569 g/mol. The van der Waals surface area contributed by atoms with Crippen molar-refractivity contribution in [3.05, 3.63) is 57.6 Å². The number of nitrogens with zero attached hydrogens (tertiary/aromatic N) is 1. The van der Waals surface area contributed by atoms with Gasteiger partial charge in [-0.15, -0.1) is 0 Å². The Hall–Kier alpha value is -3.35. The molecule has 1 aliphatic heterocycles. The van der Waals surface area contributed by atoms with E-state index >= 15 is 0 Å². The van der Waals surface area contributed by atoms with Crippen LogP contribution in [-0.4, -0.2) is 94.2 Å². The summed E-state index contributed by atoms with van der Waals surface area (Å²) in [5.41, 5.74) is -2.27. The van der Waals surface area contributed by atoms with Gasteiger partial charge in [-0.3, -0.25) is 14.4 Å². The second-order valence-corrected chi connectivity index (χ2v) is 11.3. The first-order valence-electron chi connectivity index (χ1n) is 13.6. The van der Waals surface area contributed by atoms with E-state index in [2.05, 4.69) is 0 Å². The number of phenols is 2. The molecular formula is C30H35NO10. The molecule has 5 rings (SSSR count). The normalized spacial score (nSPS) is 30.9. The molecule has 0 spiro atoms. The zero-order valence-corrected chi connectivity index (χ0v) is 23.6. The van der Waals surface area contributed by atoms with Crippen LogP contribution in [0.4, 0.5) is 0 Å². The third-order valence-electron chi connectivity index (χ3n) is 8.77. The number of fused-ring (bicyclic) bond motifs is 3. The van der Waals surface area contributed by atoms with Crippen LogP contribution in [-0.2, 0) is 19.0 Å². The first-order chi connectivity index (χ1) is 19.3. The van der Waals surface area contributed by atoms with Crippen LogP contribution in [0.1, 0.15) is 88.1 Å². The number of ether oxygens (including phenoxy) is 3. The fraction of sp³-hybridized carbons (Fsp3) is 0.500. The van der Waals surface area contributed by atoms with Crippen LogP contribution >= 0.6 is 0 Å². The molecule has 11 nitrogen and oxygen atoms in total.